The van der Waals surface area contributed by atoms with Crippen LogP contribution in [0.15, 0.2) is 71.1 Å². The number of carbonyl (C=O) groups excluding carboxylic acids is 1. The number of carboxylic acid groups (broad SMARTS) is 1. The van der Waals surface area contributed by atoms with E-state index >= 15 is 0 Å². The predicted octanol–water partition coefficient (Wildman–Crippen LogP) is 5.01. The highest BCUT2D eigenvalue weighted by atomic mass is 16.5. The molecule has 7 nitrogen and oxygen atoms in total. The van der Waals surface area contributed by atoms with Gasteiger partial charge in [0.2, 0.25) is 5.89 Å². The van der Waals surface area contributed by atoms with Crippen molar-refractivity contribution in [2.45, 2.75) is 19.8 Å². The SMILES string of the molecule is Cc1ccccc1OCC(=O)Nc1ccc(-c2nc3cc(C(C)C(=O)O)ccc3o2)cc1. The second-order valence-electron chi connectivity index (χ2n) is 7.49. The molecule has 32 heavy (non-hydrogen) atoms. The molecule has 2 N–H and O–H groups in total. The van der Waals surface area contributed by atoms with Crippen LogP contribution < -0.4 is 10.1 Å². The normalized spacial score (nSPS) is 11.8. The molecular formula is C25H22N2O5. The standard InChI is InChI=1S/C25H22N2O5/c1-15-5-3-4-6-21(15)31-14-23(28)26-19-10-7-17(8-11-19)24-27-20-13-18(16(2)25(29)30)9-12-22(20)32-24/h3-13,16H,14H2,1-2H3,(H,26,28)(H,29,30). The highest BCUT2D eigenvalue weighted by molar-refractivity contribution is 5.92. The van der Waals surface area contributed by atoms with Crippen LogP contribution in [-0.4, -0.2) is 28.6 Å². The van der Waals surface area contributed by atoms with Gasteiger partial charge in [-0.3, -0.25) is 9.59 Å². The molecule has 162 valence electrons. The maximum Gasteiger partial charge on any atom is 0.310 e. The maximum absolute atomic E-state index is 12.2. The van der Waals surface area contributed by atoms with Gasteiger partial charge in [-0.25, -0.2) is 4.98 Å². The van der Waals surface area contributed by atoms with Gasteiger partial charge in [0.1, 0.15) is 11.3 Å². The number of carboxylic acids is 1. The number of hydrogen-bond acceptors (Lipinski definition) is 5. The minimum Gasteiger partial charge on any atom is -0.483 e. The summed E-state index contributed by atoms with van der Waals surface area (Å²) in [6.45, 7) is 3.46. The fourth-order valence-corrected chi connectivity index (χ4v) is 3.23. The Hall–Kier alpha value is -4.13. The predicted molar refractivity (Wildman–Crippen MR) is 121 cm³/mol. The average molecular weight is 430 g/mol. The van der Waals surface area contributed by atoms with E-state index < -0.39 is 11.9 Å². The monoisotopic (exact) mass is 430 g/mol. The van der Waals surface area contributed by atoms with E-state index in [2.05, 4.69) is 10.3 Å². The second-order valence-corrected chi connectivity index (χ2v) is 7.49. The van der Waals surface area contributed by atoms with E-state index in [4.69, 9.17) is 9.15 Å². The average Bonchev–Trinajstić information content (AvgIpc) is 3.22. The summed E-state index contributed by atoms with van der Waals surface area (Å²) >= 11 is 0. The van der Waals surface area contributed by atoms with E-state index in [-0.39, 0.29) is 12.5 Å². The van der Waals surface area contributed by atoms with Crippen molar-refractivity contribution >= 4 is 28.7 Å². The van der Waals surface area contributed by atoms with Crippen molar-refractivity contribution in [2.24, 2.45) is 0 Å². The molecule has 0 bridgehead atoms. The number of aryl methyl sites for hydroxylation is 1. The zero-order valence-corrected chi connectivity index (χ0v) is 17.7. The molecular weight excluding hydrogens is 408 g/mol. The summed E-state index contributed by atoms with van der Waals surface area (Å²) in [6, 6.07) is 19.8. The van der Waals surface area contributed by atoms with Crippen LogP contribution in [0.5, 0.6) is 5.75 Å². The molecule has 1 amide bonds. The molecule has 0 aliphatic carbocycles. The molecule has 4 rings (SSSR count). The Morgan fingerprint density at radius 3 is 2.56 bits per heavy atom. The number of aliphatic carboxylic acids is 1. The first-order chi connectivity index (χ1) is 15.4. The number of anilines is 1. The van der Waals surface area contributed by atoms with Crippen LogP contribution in [-0.2, 0) is 9.59 Å². The van der Waals surface area contributed by atoms with Crippen molar-refractivity contribution in [3.8, 4) is 17.2 Å². The van der Waals surface area contributed by atoms with E-state index in [1.54, 1.807) is 49.4 Å². The molecule has 1 unspecified atom stereocenters. The van der Waals surface area contributed by atoms with Gasteiger partial charge in [0, 0.05) is 11.3 Å². The van der Waals surface area contributed by atoms with E-state index in [1.807, 2.05) is 31.2 Å². The number of fused-ring (bicyclic) bond motifs is 1. The first kappa shape index (κ1) is 21.1. The lowest BCUT2D eigenvalue weighted by Gasteiger charge is -2.09. The van der Waals surface area contributed by atoms with Crippen molar-refractivity contribution in [3.05, 3.63) is 77.9 Å². The minimum atomic E-state index is -0.894. The van der Waals surface area contributed by atoms with Crippen molar-refractivity contribution in [3.63, 3.8) is 0 Å². The van der Waals surface area contributed by atoms with Crippen LogP contribution >= 0.6 is 0 Å². The van der Waals surface area contributed by atoms with Gasteiger partial charge in [0.05, 0.1) is 5.92 Å². The molecule has 0 radical (unpaired) electrons. The van der Waals surface area contributed by atoms with Crippen molar-refractivity contribution in [2.75, 3.05) is 11.9 Å². The molecule has 0 saturated carbocycles. The summed E-state index contributed by atoms with van der Waals surface area (Å²) in [5.41, 5.74) is 4.16. The summed E-state index contributed by atoms with van der Waals surface area (Å²) < 4.78 is 11.4. The van der Waals surface area contributed by atoms with Crippen LogP contribution in [0.1, 0.15) is 24.0 Å². The lowest BCUT2D eigenvalue weighted by atomic mass is 10.0. The molecule has 0 aliphatic rings. The summed E-state index contributed by atoms with van der Waals surface area (Å²) in [6.07, 6.45) is 0. The zero-order valence-electron chi connectivity index (χ0n) is 17.7. The molecule has 1 heterocycles. The van der Waals surface area contributed by atoms with Gasteiger partial charge < -0.3 is 19.6 Å². The van der Waals surface area contributed by atoms with Crippen LogP contribution in [0.2, 0.25) is 0 Å². The van der Waals surface area contributed by atoms with Gasteiger partial charge in [-0.1, -0.05) is 24.3 Å². The Bertz CT molecular complexity index is 1280. The number of carbonyl (C=O) groups is 2. The number of benzene rings is 3. The first-order valence-electron chi connectivity index (χ1n) is 10.1. The molecule has 7 heteroatoms. The Morgan fingerprint density at radius 2 is 1.84 bits per heavy atom. The number of aromatic nitrogens is 1. The number of amides is 1. The minimum absolute atomic E-state index is 0.0885. The third-order valence-electron chi connectivity index (χ3n) is 5.15. The molecule has 0 spiro atoms. The highest BCUT2D eigenvalue weighted by Crippen LogP contribution is 2.28. The molecule has 0 saturated heterocycles. The summed E-state index contributed by atoms with van der Waals surface area (Å²) in [4.78, 5) is 27.9. The topological polar surface area (TPSA) is 102 Å². The number of nitrogens with one attached hydrogen (secondary N) is 1. The maximum atomic E-state index is 12.2. The van der Waals surface area contributed by atoms with Gasteiger partial charge in [-0.15, -0.1) is 0 Å². The van der Waals surface area contributed by atoms with Gasteiger partial charge >= 0.3 is 5.97 Å². The van der Waals surface area contributed by atoms with Crippen molar-refractivity contribution in [1.82, 2.24) is 4.98 Å². The lowest BCUT2D eigenvalue weighted by molar-refractivity contribution is -0.138. The van der Waals surface area contributed by atoms with E-state index in [9.17, 15) is 14.7 Å². The first-order valence-corrected chi connectivity index (χ1v) is 10.1. The number of nitrogens with zero attached hydrogens (tertiary/aromatic N) is 1. The summed E-state index contributed by atoms with van der Waals surface area (Å²) in [5.74, 6) is -0.689. The number of rotatable bonds is 7. The number of ether oxygens (including phenoxy) is 1. The van der Waals surface area contributed by atoms with Gasteiger partial charge in [-0.05, 0) is 67.4 Å². The largest absolute Gasteiger partial charge is 0.483 e. The molecule has 3 aromatic carbocycles. The Balaban J connectivity index is 1.43. The highest BCUT2D eigenvalue weighted by Gasteiger charge is 2.16. The number of para-hydroxylation sites is 1. The Labute approximate surface area is 184 Å². The smallest absolute Gasteiger partial charge is 0.310 e. The lowest BCUT2D eigenvalue weighted by Crippen LogP contribution is -2.20. The molecule has 0 fully saturated rings. The van der Waals surface area contributed by atoms with E-state index in [0.29, 0.717) is 34.0 Å². The zero-order chi connectivity index (χ0) is 22.7. The molecule has 1 aromatic heterocycles. The fourth-order valence-electron chi connectivity index (χ4n) is 3.23. The van der Waals surface area contributed by atoms with Crippen LogP contribution in [0.25, 0.3) is 22.6 Å². The second kappa shape index (κ2) is 8.93. The van der Waals surface area contributed by atoms with E-state index in [0.717, 1.165) is 11.1 Å². The third kappa shape index (κ3) is 4.62. The number of hydrogen-bond donors (Lipinski definition) is 2. The third-order valence-corrected chi connectivity index (χ3v) is 5.15. The van der Waals surface area contributed by atoms with Crippen LogP contribution in [0.3, 0.4) is 0 Å². The van der Waals surface area contributed by atoms with Gasteiger partial charge in [-0.2, -0.15) is 0 Å². The van der Waals surface area contributed by atoms with Gasteiger partial charge in [0.15, 0.2) is 12.2 Å². The number of oxazole rings is 1. The van der Waals surface area contributed by atoms with Gasteiger partial charge in [0.25, 0.3) is 5.91 Å². The Kier molecular flexibility index (Phi) is 5.89. The van der Waals surface area contributed by atoms with Crippen LogP contribution in [0.4, 0.5) is 5.69 Å². The molecule has 4 aromatic rings. The van der Waals surface area contributed by atoms with E-state index in [1.165, 1.54) is 0 Å². The quantitative estimate of drug-likeness (QED) is 0.427. The molecule has 1 atom stereocenters. The van der Waals surface area contributed by atoms with Crippen LogP contribution in [0, 0.1) is 6.92 Å². The molecule has 0 aliphatic heterocycles. The fraction of sp³-hybridized carbons (Fsp3) is 0.160. The summed E-state index contributed by atoms with van der Waals surface area (Å²) in [7, 11) is 0. The van der Waals surface area contributed by atoms with Crippen molar-refractivity contribution in [1.29, 1.82) is 0 Å². The summed E-state index contributed by atoms with van der Waals surface area (Å²) in [5, 5.41) is 12.0. The Morgan fingerprint density at radius 1 is 1.09 bits per heavy atom. The van der Waals surface area contributed by atoms with Crippen molar-refractivity contribution < 1.29 is 23.8 Å².